The van der Waals surface area contributed by atoms with Crippen LogP contribution >= 0.6 is 0 Å². The summed E-state index contributed by atoms with van der Waals surface area (Å²) in [6.07, 6.45) is 8.07. The van der Waals surface area contributed by atoms with Gasteiger partial charge >= 0.3 is 0 Å². The lowest BCUT2D eigenvalue weighted by Gasteiger charge is -2.61. The lowest BCUT2D eigenvalue weighted by molar-refractivity contribution is -0.142. The van der Waals surface area contributed by atoms with E-state index in [0.717, 1.165) is 31.2 Å². The highest BCUT2D eigenvalue weighted by Gasteiger charge is 2.65. The molecule has 5 unspecified atom stereocenters. The average Bonchev–Trinajstić information content (AvgIpc) is 3.56. The molecule has 4 nitrogen and oxygen atoms in total. The number of ether oxygens (including phenoxy) is 1. The van der Waals surface area contributed by atoms with Gasteiger partial charge in [-0.1, -0.05) is 32.9 Å². The van der Waals surface area contributed by atoms with Crippen LogP contribution in [0.3, 0.4) is 0 Å². The molecule has 1 aromatic carbocycles. The van der Waals surface area contributed by atoms with Crippen molar-refractivity contribution in [3.8, 4) is 0 Å². The van der Waals surface area contributed by atoms with E-state index in [2.05, 4.69) is 78.7 Å². The summed E-state index contributed by atoms with van der Waals surface area (Å²) in [5.74, 6) is 1.45. The molecule has 2 fully saturated rings. The zero-order chi connectivity index (χ0) is 29.2. The fourth-order valence-corrected chi connectivity index (χ4v) is 11.9. The van der Waals surface area contributed by atoms with E-state index in [-0.39, 0.29) is 34.5 Å². The molecule has 0 amide bonds. The minimum Gasteiger partial charge on any atom is -0.393 e. The number of hydrogen-bond donors (Lipinski definition) is 2. The SMILES string of the molecule is C=C(C)C1Cc2c3c(cc4c5c(n1c24)[C@@]1(C)C(CCC2[C@@H](C)[C@@H](O)CC[C@@]21C)C5)C1=CC(C)(C)OC(C)(C)C1C3O. The van der Waals surface area contributed by atoms with Crippen molar-refractivity contribution >= 4 is 16.5 Å². The van der Waals surface area contributed by atoms with Crippen LogP contribution in [-0.2, 0) is 23.0 Å². The second-order valence-corrected chi connectivity index (χ2v) is 16.5. The van der Waals surface area contributed by atoms with Crippen LogP contribution in [0.4, 0.5) is 0 Å². The standard InChI is InChI=1S/C37H49NO3/c1-18(2)27-16-24-29-21(25-17-34(4,5)41-35(6,7)30(25)32(29)40)15-22-23-14-20-10-11-26-19(3)28(39)12-13-36(26,8)37(20,9)33(23)38(27)31(22)24/h15,17,19-20,26-28,30,32,39-40H,1,10-14,16H2,2-9H3/t19-,20?,26?,27?,28+,30?,32?,36+,37-/m1/s1. The number of benzene rings is 1. The molecule has 6 aliphatic rings. The molecule has 2 N–H and O–H groups in total. The first-order valence-corrected chi connectivity index (χ1v) is 16.3. The van der Waals surface area contributed by atoms with Gasteiger partial charge in [-0.3, -0.25) is 0 Å². The molecule has 2 aliphatic heterocycles. The van der Waals surface area contributed by atoms with Gasteiger partial charge < -0.3 is 19.5 Å². The van der Waals surface area contributed by atoms with E-state index in [9.17, 15) is 10.2 Å². The predicted molar refractivity (Wildman–Crippen MR) is 165 cm³/mol. The third-order valence-corrected chi connectivity index (χ3v) is 13.6. The molecule has 220 valence electrons. The van der Waals surface area contributed by atoms with Crippen molar-refractivity contribution < 1.29 is 14.9 Å². The highest BCUT2D eigenvalue weighted by Crippen LogP contribution is 2.69. The molecule has 8 rings (SSSR count). The highest BCUT2D eigenvalue weighted by molar-refractivity contribution is 5.97. The Bertz CT molecular complexity index is 1570. The van der Waals surface area contributed by atoms with Crippen molar-refractivity contribution in [1.82, 2.24) is 4.57 Å². The van der Waals surface area contributed by atoms with Crippen molar-refractivity contribution in [2.24, 2.45) is 29.1 Å². The van der Waals surface area contributed by atoms with Crippen LogP contribution in [0.25, 0.3) is 16.5 Å². The summed E-state index contributed by atoms with van der Waals surface area (Å²) in [6.45, 7) is 22.8. The van der Waals surface area contributed by atoms with E-state index in [1.165, 1.54) is 46.0 Å². The topological polar surface area (TPSA) is 54.6 Å². The Morgan fingerprint density at radius 2 is 1.76 bits per heavy atom. The van der Waals surface area contributed by atoms with Crippen LogP contribution in [-0.4, -0.2) is 32.1 Å². The van der Waals surface area contributed by atoms with E-state index < -0.39 is 11.7 Å². The van der Waals surface area contributed by atoms with Gasteiger partial charge in [0.25, 0.3) is 0 Å². The lowest BCUT2D eigenvalue weighted by atomic mass is 9.44. The Morgan fingerprint density at radius 1 is 1.02 bits per heavy atom. The van der Waals surface area contributed by atoms with Gasteiger partial charge in [0.1, 0.15) is 0 Å². The molecular formula is C37H49NO3. The number of aliphatic hydroxyl groups is 2. The Morgan fingerprint density at radius 3 is 2.46 bits per heavy atom. The monoisotopic (exact) mass is 555 g/mol. The van der Waals surface area contributed by atoms with Crippen molar-refractivity contribution in [3.05, 3.63) is 52.2 Å². The summed E-state index contributed by atoms with van der Waals surface area (Å²) in [5, 5.41) is 24.4. The average molecular weight is 556 g/mol. The molecule has 4 heteroatoms. The summed E-state index contributed by atoms with van der Waals surface area (Å²) in [6, 6.07) is 2.70. The van der Waals surface area contributed by atoms with Crippen LogP contribution in [0.5, 0.6) is 0 Å². The molecule has 0 saturated heterocycles. The largest absolute Gasteiger partial charge is 0.393 e. The zero-order valence-corrected chi connectivity index (χ0v) is 26.4. The lowest BCUT2D eigenvalue weighted by Crippen LogP contribution is -2.58. The van der Waals surface area contributed by atoms with E-state index >= 15 is 0 Å². The number of aromatic nitrogens is 1. The van der Waals surface area contributed by atoms with Gasteiger partial charge in [-0.2, -0.15) is 0 Å². The van der Waals surface area contributed by atoms with Gasteiger partial charge in [0.2, 0.25) is 0 Å². The number of fused-ring (bicyclic) bond motifs is 11. The molecule has 4 aliphatic carbocycles. The molecule has 0 spiro atoms. The van der Waals surface area contributed by atoms with Crippen molar-refractivity contribution in [1.29, 1.82) is 0 Å². The Kier molecular flexibility index (Phi) is 5.08. The minimum absolute atomic E-state index is 0.0570. The van der Waals surface area contributed by atoms with E-state index in [1.807, 2.05) is 0 Å². The number of allylic oxidation sites excluding steroid dienone is 1. The molecule has 0 bridgehead atoms. The fourth-order valence-electron chi connectivity index (χ4n) is 11.9. The first kappa shape index (κ1) is 26.7. The first-order chi connectivity index (χ1) is 19.1. The van der Waals surface area contributed by atoms with Crippen molar-refractivity contribution in [2.75, 3.05) is 0 Å². The maximum Gasteiger partial charge on any atom is 0.0895 e. The Hall–Kier alpha value is -1.88. The van der Waals surface area contributed by atoms with E-state index in [4.69, 9.17) is 4.74 Å². The van der Waals surface area contributed by atoms with Gasteiger partial charge in [-0.15, -0.1) is 0 Å². The second kappa shape index (κ2) is 7.79. The van der Waals surface area contributed by atoms with Gasteiger partial charge in [0.15, 0.2) is 0 Å². The molecular weight excluding hydrogens is 506 g/mol. The molecule has 2 aromatic rings. The van der Waals surface area contributed by atoms with Crippen LogP contribution in [0.15, 0.2) is 24.3 Å². The molecule has 2 saturated carbocycles. The van der Waals surface area contributed by atoms with E-state index in [0.29, 0.717) is 17.8 Å². The Labute approximate surface area is 245 Å². The van der Waals surface area contributed by atoms with Gasteiger partial charge in [-0.05, 0) is 136 Å². The highest BCUT2D eigenvalue weighted by atomic mass is 16.5. The van der Waals surface area contributed by atoms with E-state index in [1.54, 1.807) is 11.3 Å². The minimum atomic E-state index is -0.565. The number of aliphatic hydroxyl groups excluding tert-OH is 2. The number of nitrogens with zero attached hydrogens (tertiary/aromatic N) is 1. The third kappa shape index (κ3) is 2.98. The van der Waals surface area contributed by atoms with Crippen LogP contribution in [0.1, 0.15) is 121 Å². The zero-order valence-electron chi connectivity index (χ0n) is 26.4. The number of rotatable bonds is 1. The molecule has 41 heavy (non-hydrogen) atoms. The van der Waals surface area contributed by atoms with Gasteiger partial charge in [0.05, 0.1) is 35.0 Å². The van der Waals surface area contributed by atoms with Crippen molar-refractivity contribution in [2.45, 2.75) is 129 Å². The van der Waals surface area contributed by atoms with Crippen LogP contribution in [0, 0.1) is 29.1 Å². The molecule has 1 aromatic heterocycles. The van der Waals surface area contributed by atoms with Crippen LogP contribution < -0.4 is 0 Å². The predicted octanol–water partition coefficient (Wildman–Crippen LogP) is 7.59. The summed E-state index contributed by atoms with van der Waals surface area (Å²) in [5.41, 5.74) is 10.1. The fraction of sp³-hybridized carbons (Fsp3) is 0.676. The molecule has 3 heterocycles. The smallest absolute Gasteiger partial charge is 0.0895 e. The van der Waals surface area contributed by atoms with Crippen LogP contribution in [0.2, 0.25) is 0 Å². The molecule has 9 atom stereocenters. The summed E-state index contributed by atoms with van der Waals surface area (Å²) in [4.78, 5) is 0. The summed E-state index contributed by atoms with van der Waals surface area (Å²) < 4.78 is 9.28. The van der Waals surface area contributed by atoms with Gasteiger partial charge in [-0.25, -0.2) is 0 Å². The number of hydrogen-bond acceptors (Lipinski definition) is 3. The maximum absolute atomic E-state index is 12.1. The molecule has 0 radical (unpaired) electrons. The first-order valence-electron chi connectivity index (χ1n) is 16.3. The third-order valence-electron chi connectivity index (χ3n) is 13.6. The van der Waals surface area contributed by atoms with Gasteiger partial charge in [0, 0.05) is 22.4 Å². The Balaban J connectivity index is 1.41. The summed E-state index contributed by atoms with van der Waals surface area (Å²) >= 11 is 0. The summed E-state index contributed by atoms with van der Waals surface area (Å²) in [7, 11) is 0. The normalized spacial score (nSPS) is 42.8. The second-order valence-electron chi connectivity index (χ2n) is 16.5. The maximum atomic E-state index is 12.1. The quantitative estimate of drug-likeness (QED) is 0.357. The van der Waals surface area contributed by atoms with Crippen molar-refractivity contribution in [3.63, 3.8) is 0 Å².